The normalized spacial score (nSPS) is 12.2. The highest BCUT2D eigenvalue weighted by Gasteiger charge is 2.32. The summed E-state index contributed by atoms with van der Waals surface area (Å²) in [6.45, 7) is 3.00. The first-order valence-electron chi connectivity index (χ1n) is 5.19. The summed E-state index contributed by atoms with van der Waals surface area (Å²) in [5.74, 6) is 0.666. The smallest absolute Gasteiger partial charge is 0.336 e. The first-order valence-corrected chi connectivity index (χ1v) is 5.96. The second-order valence-electron chi connectivity index (χ2n) is 3.92. The SMILES string of the molecule is CC(C)c1nsc(N(CCN)CC(F)(F)F)n1. The minimum absolute atomic E-state index is 0.102. The molecular weight excluding hydrogens is 253 g/mol. The molecular formula is C9H15F3N4S. The number of anilines is 1. The third-order valence-electron chi connectivity index (χ3n) is 1.99. The van der Waals surface area contributed by atoms with Crippen molar-refractivity contribution in [1.29, 1.82) is 0 Å². The van der Waals surface area contributed by atoms with Gasteiger partial charge in [0.25, 0.3) is 0 Å². The molecule has 0 aliphatic heterocycles. The Hall–Kier alpha value is -0.890. The molecule has 0 aromatic carbocycles. The lowest BCUT2D eigenvalue weighted by molar-refractivity contribution is -0.119. The van der Waals surface area contributed by atoms with Crippen LogP contribution in [0.15, 0.2) is 0 Å². The lowest BCUT2D eigenvalue weighted by atomic mass is 10.2. The molecule has 1 heterocycles. The van der Waals surface area contributed by atoms with Gasteiger partial charge in [-0.15, -0.1) is 0 Å². The maximum atomic E-state index is 12.4. The second-order valence-corrected chi connectivity index (χ2v) is 4.65. The molecule has 1 aromatic heterocycles. The second kappa shape index (κ2) is 5.63. The van der Waals surface area contributed by atoms with Gasteiger partial charge in [-0.1, -0.05) is 13.8 Å². The lowest BCUT2D eigenvalue weighted by Crippen LogP contribution is -2.37. The van der Waals surface area contributed by atoms with Gasteiger partial charge < -0.3 is 10.6 Å². The molecule has 2 N–H and O–H groups in total. The lowest BCUT2D eigenvalue weighted by Gasteiger charge is -2.21. The summed E-state index contributed by atoms with van der Waals surface area (Å²) >= 11 is 0.976. The van der Waals surface area contributed by atoms with Crippen molar-refractivity contribution in [2.24, 2.45) is 5.73 Å². The summed E-state index contributed by atoms with van der Waals surface area (Å²) in [6, 6.07) is 0. The minimum Gasteiger partial charge on any atom is -0.336 e. The van der Waals surface area contributed by atoms with Gasteiger partial charge in [-0.3, -0.25) is 0 Å². The Bertz CT molecular complexity index is 350. The van der Waals surface area contributed by atoms with Crippen LogP contribution in [0.3, 0.4) is 0 Å². The topological polar surface area (TPSA) is 55.0 Å². The van der Waals surface area contributed by atoms with E-state index in [1.54, 1.807) is 0 Å². The maximum absolute atomic E-state index is 12.4. The first-order chi connectivity index (χ1) is 7.83. The Morgan fingerprint density at radius 2 is 2.06 bits per heavy atom. The third kappa shape index (κ3) is 4.47. The van der Waals surface area contributed by atoms with Crippen LogP contribution < -0.4 is 10.6 Å². The van der Waals surface area contributed by atoms with E-state index in [0.29, 0.717) is 5.82 Å². The molecule has 0 bridgehead atoms. The van der Waals surface area contributed by atoms with Gasteiger partial charge in [0.1, 0.15) is 12.4 Å². The average molecular weight is 268 g/mol. The number of nitrogens with two attached hydrogens (primary N) is 1. The molecule has 0 amide bonds. The third-order valence-corrected chi connectivity index (χ3v) is 2.78. The van der Waals surface area contributed by atoms with Crippen molar-refractivity contribution in [2.45, 2.75) is 25.9 Å². The van der Waals surface area contributed by atoms with Crippen LogP contribution in [0.25, 0.3) is 0 Å². The highest BCUT2D eigenvalue weighted by molar-refractivity contribution is 7.09. The van der Waals surface area contributed by atoms with Gasteiger partial charge in [0, 0.05) is 30.5 Å². The minimum atomic E-state index is -4.27. The fraction of sp³-hybridized carbons (Fsp3) is 0.778. The van der Waals surface area contributed by atoms with E-state index < -0.39 is 12.7 Å². The van der Waals surface area contributed by atoms with E-state index in [0.717, 1.165) is 16.4 Å². The summed E-state index contributed by atoms with van der Waals surface area (Å²) in [4.78, 5) is 5.21. The molecule has 0 unspecified atom stereocenters. The quantitative estimate of drug-likeness (QED) is 0.887. The summed E-state index contributed by atoms with van der Waals surface area (Å²) in [5.41, 5.74) is 5.30. The van der Waals surface area contributed by atoms with Gasteiger partial charge in [0.15, 0.2) is 0 Å². The van der Waals surface area contributed by atoms with Crippen LogP contribution in [0.2, 0.25) is 0 Å². The molecule has 0 atom stereocenters. The number of aromatic nitrogens is 2. The van der Waals surface area contributed by atoms with Crippen molar-refractivity contribution in [1.82, 2.24) is 9.36 Å². The standard InChI is InChI=1S/C9H15F3N4S/c1-6(2)7-14-8(17-15-7)16(4-3-13)5-9(10,11)12/h6H,3-5,13H2,1-2H3. The Morgan fingerprint density at radius 3 is 2.47 bits per heavy atom. The van der Waals surface area contributed by atoms with E-state index in [1.807, 2.05) is 13.8 Å². The molecule has 4 nitrogen and oxygen atoms in total. The summed E-state index contributed by atoms with van der Waals surface area (Å²) in [7, 11) is 0. The largest absolute Gasteiger partial charge is 0.406 e. The highest BCUT2D eigenvalue weighted by atomic mass is 32.1. The van der Waals surface area contributed by atoms with Gasteiger partial charge >= 0.3 is 6.18 Å². The number of rotatable bonds is 5. The molecule has 0 aliphatic rings. The van der Waals surface area contributed by atoms with Crippen LogP contribution in [-0.2, 0) is 0 Å². The van der Waals surface area contributed by atoms with Crippen LogP contribution >= 0.6 is 11.5 Å². The van der Waals surface area contributed by atoms with Gasteiger partial charge in [0.05, 0.1) is 0 Å². The van der Waals surface area contributed by atoms with Crippen molar-refractivity contribution in [3.8, 4) is 0 Å². The zero-order valence-electron chi connectivity index (χ0n) is 9.66. The monoisotopic (exact) mass is 268 g/mol. The molecule has 0 radical (unpaired) electrons. The molecule has 0 saturated carbocycles. The molecule has 0 saturated heterocycles. The molecule has 1 rings (SSSR count). The average Bonchev–Trinajstić information content (AvgIpc) is 2.63. The molecule has 8 heteroatoms. The van der Waals surface area contributed by atoms with Crippen molar-refractivity contribution in [3.63, 3.8) is 0 Å². The van der Waals surface area contributed by atoms with Crippen LogP contribution in [-0.4, -0.2) is 35.2 Å². The van der Waals surface area contributed by atoms with Crippen LogP contribution in [0.5, 0.6) is 0 Å². The van der Waals surface area contributed by atoms with Crippen molar-refractivity contribution < 1.29 is 13.2 Å². The number of hydrogen-bond donors (Lipinski definition) is 1. The Balaban J connectivity index is 2.81. The van der Waals surface area contributed by atoms with Crippen molar-refractivity contribution in [2.75, 3.05) is 24.5 Å². The molecule has 0 spiro atoms. The first kappa shape index (κ1) is 14.2. The van der Waals surface area contributed by atoms with Crippen LogP contribution in [0.1, 0.15) is 25.6 Å². The van der Waals surface area contributed by atoms with E-state index in [1.165, 1.54) is 0 Å². The fourth-order valence-electron chi connectivity index (χ4n) is 1.20. The number of hydrogen-bond acceptors (Lipinski definition) is 5. The van der Waals surface area contributed by atoms with E-state index in [2.05, 4.69) is 9.36 Å². The predicted octanol–water partition coefficient (Wildman–Crippen LogP) is 1.99. The summed E-state index contributed by atoms with van der Waals surface area (Å²) in [5, 5.41) is 0.275. The molecule has 0 fully saturated rings. The highest BCUT2D eigenvalue weighted by Crippen LogP contribution is 2.25. The maximum Gasteiger partial charge on any atom is 0.406 e. The van der Waals surface area contributed by atoms with Crippen LogP contribution in [0.4, 0.5) is 18.3 Å². The Morgan fingerprint density at radius 1 is 1.41 bits per heavy atom. The molecule has 98 valence electrons. The Labute approximate surface area is 102 Å². The summed E-state index contributed by atoms with van der Waals surface area (Å²) < 4.78 is 41.1. The summed E-state index contributed by atoms with van der Waals surface area (Å²) in [6.07, 6.45) is -4.27. The van der Waals surface area contributed by atoms with Crippen LogP contribution in [0, 0.1) is 0 Å². The molecule has 17 heavy (non-hydrogen) atoms. The predicted molar refractivity (Wildman–Crippen MR) is 61.3 cm³/mol. The van der Waals surface area contributed by atoms with Gasteiger partial charge in [0.2, 0.25) is 5.13 Å². The fourth-order valence-corrected chi connectivity index (χ4v) is 2.04. The van der Waals surface area contributed by atoms with Gasteiger partial charge in [-0.05, 0) is 0 Å². The van der Waals surface area contributed by atoms with E-state index in [9.17, 15) is 13.2 Å². The van der Waals surface area contributed by atoms with Gasteiger partial charge in [-0.2, -0.15) is 17.5 Å². The number of alkyl halides is 3. The van der Waals surface area contributed by atoms with Gasteiger partial charge in [-0.25, -0.2) is 4.98 Å². The van der Waals surface area contributed by atoms with E-state index in [-0.39, 0.29) is 24.1 Å². The number of halogens is 3. The van der Waals surface area contributed by atoms with Crippen molar-refractivity contribution >= 4 is 16.7 Å². The van der Waals surface area contributed by atoms with Crippen molar-refractivity contribution in [3.05, 3.63) is 5.82 Å². The number of nitrogens with zero attached hydrogens (tertiary/aromatic N) is 3. The molecule has 0 aliphatic carbocycles. The zero-order chi connectivity index (χ0) is 13.1. The van der Waals surface area contributed by atoms with E-state index in [4.69, 9.17) is 5.73 Å². The molecule has 1 aromatic rings. The van der Waals surface area contributed by atoms with E-state index >= 15 is 0 Å². The zero-order valence-corrected chi connectivity index (χ0v) is 10.5. The Kier molecular flexibility index (Phi) is 4.70.